The van der Waals surface area contributed by atoms with Crippen LogP contribution >= 0.6 is 0 Å². The zero-order valence-corrected chi connectivity index (χ0v) is 16.4. The number of methoxy groups -OCH3 is 1. The van der Waals surface area contributed by atoms with Gasteiger partial charge in [0.15, 0.2) is 0 Å². The molecule has 0 radical (unpaired) electrons. The summed E-state index contributed by atoms with van der Waals surface area (Å²) in [6, 6.07) is 15.3. The Kier molecular flexibility index (Phi) is 5.07. The first kappa shape index (κ1) is 18.5. The molecule has 5 nitrogen and oxygen atoms in total. The largest absolute Gasteiger partial charge is 0.496 e. The van der Waals surface area contributed by atoms with Crippen LogP contribution in [0.25, 0.3) is 0 Å². The maximum absolute atomic E-state index is 13.2. The first-order valence-corrected chi connectivity index (χ1v) is 9.90. The Balaban J connectivity index is 1.82. The lowest BCUT2D eigenvalue weighted by Crippen LogP contribution is -2.52. The van der Waals surface area contributed by atoms with Gasteiger partial charge in [0.2, 0.25) is 11.8 Å². The van der Waals surface area contributed by atoms with Gasteiger partial charge in [0.1, 0.15) is 5.75 Å². The number of para-hydroxylation sites is 1. The molecule has 2 aliphatic rings. The van der Waals surface area contributed by atoms with Crippen LogP contribution in [0.3, 0.4) is 0 Å². The van der Waals surface area contributed by atoms with Crippen LogP contribution in [0, 0.1) is 12.8 Å². The number of carbonyl (C=O) groups excluding carboxylic acids is 2. The van der Waals surface area contributed by atoms with Crippen molar-refractivity contribution in [3.05, 3.63) is 59.7 Å². The number of piperidine rings is 1. The quantitative estimate of drug-likeness (QED) is 0.815. The molecular weight excluding hydrogens is 352 g/mol. The Hall–Kier alpha value is -2.82. The summed E-state index contributed by atoms with van der Waals surface area (Å²) in [5.74, 6) is 0.635. The van der Waals surface area contributed by atoms with E-state index >= 15 is 0 Å². The van der Waals surface area contributed by atoms with Gasteiger partial charge < -0.3 is 14.5 Å². The van der Waals surface area contributed by atoms with Crippen LogP contribution in [0.15, 0.2) is 48.5 Å². The summed E-state index contributed by atoms with van der Waals surface area (Å²) >= 11 is 0. The molecule has 2 amide bonds. The van der Waals surface area contributed by atoms with Crippen LogP contribution in [0.1, 0.15) is 36.4 Å². The van der Waals surface area contributed by atoms with Crippen molar-refractivity contribution >= 4 is 17.5 Å². The number of amides is 2. The molecule has 0 N–H and O–H groups in total. The van der Waals surface area contributed by atoms with E-state index in [0.717, 1.165) is 36.3 Å². The normalized spacial score (nSPS) is 22.0. The van der Waals surface area contributed by atoms with Crippen molar-refractivity contribution in [1.82, 2.24) is 4.90 Å². The number of likely N-dealkylation sites (tertiary alicyclic amines) is 1. The molecule has 2 fully saturated rings. The Labute approximate surface area is 165 Å². The van der Waals surface area contributed by atoms with Crippen LogP contribution in [0.2, 0.25) is 0 Å². The predicted molar refractivity (Wildman–Crippen MR) is 108 cm³/mol. The molecule has 146 valence electrons. The van der Waals surface area contributed by atoms with Crippen molar-refractivity contribution in [2.24, 2.45) is 5.92 Å². The van der Waals surface area contributed by atoms with E-state index in [1.807, 2.05) is 65.3 Å². The minimum Gasteiger partial charge on any atom is -0.496 e. The summed E-state index contributed by atoms with van der Waals surface area (Å²) in [4.78, 5) is 30.0. The van der Waals surface area contributed by atoms with Gasteiger partial charge in [-0.25, -0.2) is 0 Å². The maximum Gasteiger partial charge on any atom is 0.228 e. The number of anilines is 1. The second kappa shape index (κ2) is 7.66. The van der Waals surface area contributed by atoms with Gasteiger partial charge in [0.25, 0.3) is 0 Å². The average molecular weight is 378 g/mol. The van der Waals surface area contributed by atoms with E-state index in [2.05, 4.69) is 0 Å². The summed E-state index contributed by atoms with van der Waals surface area (Å²) in [6.07, 6.45) is 2.00. The molecule has 2 aliphatic heterocycles. The van der Waals surface area contributed by atoms with Crippen LogP contribution in [-0.2, 0) is 9.59 Å². The molecule has 2 saturated heterocycles. The van der Waals surface area contributed by atoms with E-state index in [-0.39, 0.29) is 23.8 Å². The van der Waals surface area contributed by atoms with Crippen LogP contribution in [-0.4, -0.2) is 36.9 Å². The van der Waals surface area contributed by atoms with Gasteiger partial charge in [-0.15, -0.1) is 0 Å². The number of carbonyl (C=O) groups is 2. The second-order valence-electron chi connectivity index (χ2n) is 7.61. The lowest BCUT2D eigenvalue weighted by atomic mass is 9.82. The Morgan fingerprint density at radius 1 is 1.07 bits per heavy atom. The lowest BCUT2D eigenvalue weighted by molar-refractivity contribution is -0.141. The number of benzene rings is 2. The molecule has 2 aromatic carbocycles. The van der Waals surface area contributed by atoms with Crippen molar-refractivity contribution in [1.29, 1.82) is 0 Å². The van der Waals surface area contributed by atoms with E-state index in [9.17, 15) is 9.59 Å². The zero-order valence-electron chi connectivity index (χ0n) is 16.4. The molecule has 0 spiro atoms. The van der Waals surface area contributed by atoms with Crippen LogP contribution in [0.4, 0.5) is 5.69 Å². The minimum absolute atomic E-state index is 0.0485. The highest BCUT2D eigenvalue weighted by atomic mass is 16.5. The van der Waals surface area contributed by atoms with Crippen molar-refractivity contribution < 1.29 is 14.3 Å². The van der Waals surface area contributed by atoms with E-state index < -0.39 is 0 Å². The summed E-state index contributed by atoms with van der Waals surface area (Å²) in [6.45, 7) is 3.65. The number of ether oxygens (including phenoxy) is 1. The smallest absolute Gasteiger partial charge is 0.228 e. The Morgan fingerprint density at radius 3 is 2.43 bits per heavy atom. The molecule has 2 aromatic rings. The monoisotopic (exact) mass is 378 g/mol. The molecule has 0 aromatic heterocycles. The first-order chi connectivity index (χ1) is 13.6. The molecule has 0 bridgehead atoms. The maximum atomic E-state index is 13.2. The summed E-state index contributed by atoms with van der Waals surface area (Å²) in [7, 11) is 1.63. The van der Waals surface area contributed by atoms with Crippen molar-refractivity contribution in [2.45, 2.75) is 32.2 Å². The van der Waals surface area contributed by atoms with Crippen LogP contribution in [0.5, 0.6) is 5.75 Å². The van der Waals surface area contributed by atoms with Gasteiger partial charge in [-0.1, -0.05) is 35.9 Å². The predicted octanol–water partition coefficient (Wildman–Crippen LogP) is 3.72. The molecule has 5 heteroatoms. The topological polar surface area (TPSA) is 49.9 Å². The number of hydrogen-bond acceptors (Lipinski definition) is 3. The lowest BCUT2D eigenvalue weighted by Gasteiger charge is -2.44. The molecule has 4 rings (SSSR count). The van der Waals surface area contributed by atoms with E-state index in [1.165, 1.54) is 0 Å². The highest BCUT2D eigenvalue weighted by Crippen LogP contribution is 2.44. The number of nitrogens with zero attached hydrogens (tertiary/aromatic N) is 2. The third-order valence-corrected chi connectivity index (χ3v) is 5.85. The molecule has 2 unspecified atom stereocenters. The van der Waals surface area contributed by atoms with E-state index in [0.29, 0.717) is 18.6 Å². The second-order valence-corrected chi connectivity index (χ2v) is 7.61. The standard InChI is InChI=1S/C23H26N2O3/c1-16-8-10-17(11-9-16)25-21(26)13-12-19(23(27)24-14-5-15-24)22(25)18-6-3-4-7-20(18)28-2/h3-4,6-11,19,22H,5,12-15H2,1-2H3. The van der Waals surface area contributed by atoms with E-state index in [1.54, 1.807) is 7.11 Å². The fourth-order valence-corrected chi connectivity index (χ4v) is 4.20. The third-order valence-electron chi connectivity index (χ3n) is 5.85. The summed E-state index contributed by atoms with van der Waals surface area (Å²) in [5.41, 5.74) is 2.85. The Bertz CT molecular complexity index is 874. The molecular formula is C23H26N2O3. The number of hydrogen-bond donors (Lipinski definition) is 0. The third kappa shape index (κ3) is 3.26. The van der Waals surface area contributed by atoms with Gasteiger partial charge in [0.05, 0.1) is 19.1 Å². The molecule has 0 saturated carbocycles. The van der Waals surface area contributed by atoms with Crippen molar-refractivity contribution in [2.75, 3.05) is 25.1 Å². The zero-order chi connectivity index (χ0) is 19.7. The first-order valence-electron chi connectivity index (χ1n) is 9.90. The minimum atomic E-state index is -0.367. The van der Waals surface area contributed by atoms with Gasteiger partial charge in [-0.3, -0.25) is 9.59 Å². The summed E-state index contributed by atoms with van der Waals surface area (Å²) < 4.78 is 5.60. The SMILES string of the molecule is COc1ccccc1C1C(C(=O)N2CCC2)CCC(=O)N1c1ccc(C)cc1. The Morgan fingerprint density at radius 2 is 1.79 bits per heavy atom. The summed E-state index contributed by atoms with van der Waals surface area (Å²) in [5, 5.41) is 0. The van der Waals surface area contributed by atoms with Gasteiger partial charge in [0, 0.05) is 30.8 Å². The highest BCUT2D eigenvalue weighted by Gasteiger charge is 2.44. The number of aryl methyl sites for hydroxylation is 1. The van der Waals surface area contributed by atoms with Crippen molar-refractivity contribution in [3.8, 4) is 5.75 Å². The number of rotatable bonds is 4. The fraction of sp³-hybridized carbons (Fsp3) is 0.391. The van der Waals surface area contributed by atoms with Gasteiger partial charge in [-0.2, -0.15) is 0 Å². The molecule has 0 aliphatic carbocycles. The molecule has 2 atom stereocenters. The van der Waals surface area contributed by atoms with E-state index in [4.69, 9.17) is 4.74 Å². The molecule has 2 heterocycles. The highest BCUT2D eigenvalue weighted by molar-refractivity contribution is 5.97. The molecule has 28 heavy (non-hydrogen) atoms. The van der Waals surface area contributed by atoms with Crippen molar-refractivity contribution in [3.63, 3.8) is 0 Å². The van der Waals surface area contributed by atoms with Gasteiger partial charge in [-0.05, 0) is 38.0 Å². The van der Waals surface area contributed by atoms with Crippen LogP contribution < -0.4 is 9.64 Å². The average Bonchev–Trinajstić information content (AvgIpc) is 2.67. The van der Waals surface area contributed by atoms with Gasteiger partial charge >= 0.3 is 0 Å². The fourth-order valence-electron chi connectivity index (χ4n) is 4.20.